The molecule has 0 radical (unpaired) electrons. The second-order valence-corrected chi connectivity index (χ2v) is 10.1. The van der Waals surface area contributed by atoms with Crippen molar-refractivity contribution in [1.82, 2.24) is 20.0 Å². The second-order valence-electron chi connectivity index (χ2n) is 10.1. The van der Waals surface area contributed by atoms with E-state index in [0.717, 1.165) is 0 Å². The first-order valence-corrected chi connectivity index (χ1v) is 13.5. The molecule has 0 bridgehead atoms. The monoisotopic (exact) mass is 562 g/mol. The van der Waals surface area contributed by atoms with Gasteiger partial charge in [-0.25, -0.2) is 9.59 Å². The van der Waals surface area contributed by atoms with Crippen molar-refractivity contribution in [2.45, 2.75) is 31.8 Å². The van der Waals surface area contributed by atoms with Gasteiger partial charge in [-0.1, -0.05) is 43.0 Å². The topological polar surface area (TPSA) is 149 Å². The summed E-state index contributed by atoms with van der Waals surface area (Å²) in [5.74, 6) is -1.77. The fourth-order valence-corrected chi connectivity index (χ4v) is 5.18. The van der Waals surface area contributed by atoms with Crippen LogP contribution in [0.25, 0.3) is 0 Å². The van der Waals surface area contributed by atoms with Crippen LogP contribution in [0.4, 0.5) is 4.79 Å². The van der Waals surface area contributed by atoms with E-state index in [-0.39, 0.29) is 54.2 Å². The Kier molecular flexibility index (Phi) is 7.89. The molecule has 0 unspecified atom stereocenters. The Labute approximate surface area is 237 Å². The largest absolute Gasteiger partial charge is 0.535 e. The molecule has 0 aliphatic carbocycles. The Morgan fingerprint density at radius 3 is 2.59 bits per heavy atom. The summed E-state index contributed by atoms with van der Waals surface area (Å²) in [7, 11) is -1.09. The van der Waals surface area contributed by atoms with Crippen molar-refractivity contribution < 1.29 is 38.7 Å². The third-order valence-corrected chi connectivity index (χ3v) is 7.51. The Morgan fingerprint density at radius 2 is 1.90 bits per heavy atom. The van der Waals surface area contributed by atoms with E-state index in [1.807, 2.05) is 6.92 Å². The van der Waals surface area contributed by atoms with Gasteiger partial charge in [0, 0.05) is 19.6 Å². The predicted molar refractivity (Wildman–Crippen MR) is 147 cm³/mol. The molecule has 2 aromatic carbocycles. The van der Waals surface area contributed by atoms with Crippen LogP contribution in [-0.2, 0) is 16.0 Å². The SMILES string of the molecule is C=C1C(=O)N(CC)CCN1C(=O)N[C@@H](C(=O)N1CC(Oc2ccc3c(c2C(=O)O)OB(O)CC3)C1)c1ccccc1. The fraction of sp³-hybridized carbons (Fsp3) is 0.357. The lowest BCUT2D eigenvalue weighted by atomic mass is 9.78. The average Bonchev–Trinajstić information content (AvgIpc) is 2.94. The van der Waals surface area contributed by atoms with Gasteiger partial charge in [-0.15, -0.1) is 0 Å². The van der Waals surface area contributed by atoms with Gasteiger partial charge in [-0.2, -0.15) is 0 Å². The molecule has 0 saturated carbocycles. The van der Waals surface area contributed by atoms with Crippen LogP contribution in [0.2, 0.25) is 6.32 Å². The molecule has 12 nitrogen and oxygen atoms in total. The van der Waals surface area contributed by atoms with Crippen LogP contribution in [0.5, 0.6) is 11.5 Å². The molecule has 3 N–H and O–H groups in total. The number of aryl methyl sites for hydroxylation is 1. The number of rotatable bonds is 7. The zero-order valence-corrected chi connectivity index (χ0v) is 22.6. The van der Waals surface area contributed by atoms with Gasteiger partial charge in [-0.3, -0.25) is 14.5 Å². The predicted octanol–water partition coefficient (Wildman–Crippen LogP) is 1.52. The summed E-state index contributed by atoms with van der Waals surface area (Å²) >= 11 is 0. The van der Waals surface area contributed by atoms with Crippen LogP contribution in [0.15, 0.2) is 54.7 Å². The molecule has 3 aliphatic heterocycles. The maximum atomic E-state index is 13.6. The number of hydrogen-bond donors (Lipinski definition) is 3. The minimum atomic E-state index is -1.25. The number of urea groups is 1. The molecule has 4 amide bonds. The standard InChI is InChI=1S/C28H31BN4O8/c1-3-31-13-14-33(17(2)25(31)34)28(38)30-23(18-7-5-4-6-8-18)26(35)32-15-20(16-32)40-21-10-9-19-11-12-29(39)41-24(19)22(21)27(36)37/h4-10,20,23,39H,2-3,11-16H2,1H3,(H,30,38)(H,36,37)/t23-/m1/s1. The van der Waals surface area contributed by atoms with Crippen molar-refractivity contribution in [2.24, 2.45) is 0 Å². The third kappa shape index (κ3) is 5.57. The summed E-state index contributed by atoms with van der Waals surface area (Å²) in [4.78, 5) is 55.7. The van der Waals surface area contributed by atoms with Crippen molar-refractivity contribution >= 4 is 30.9 Å². The highest BCUT2D eigenvalue weighted by Crippen LogP contribution is 2.37. The number of carboxylic acids is 1. The lowest BCUT2D eigenvalue weighted by molar-refractivity contribution is -0.142. The van der Waals surface area contributed by atoms with Gasteiger partial charge in [0.1, 0.15) is 34.9 Å². The van der Waals surface area contributed by atoms with Gasteiger partial charge in [-0.05, 0) is 36.9 Å². The van der Waals surface area contributed by atoms with Crippen LogP contribution < -0.4 is 14.7 Å². The number of amides is 4. The van der Waals surface area contributed by atoms with Crippen LogP contribution in [-0.4, -0.2) is 94.6 Å². The van der Waals surface area contributed by atoms with Crippen molar-refractivity contribution in [1.29, 1.82) is 0 Å². The highest BCUT2D eigenvalue weighted by molar-refractivity contribution is 6.44. The first-order chi connectivity index (χ1) is 19.7. The zero-order chi connectivity index (χ0) is 29.3. The van der Waals surface area contributed by atoms with E-state index in [1.54, 1.807) is 47.4 Å². The molecule has 2 fully saturated rings. The molecular weight excluding hydrogens is 531 g/mol. The van der Waals surface area contributed by atoms with Crippen LogP contribution in [0.3, 0.4) is 0 Å². The maximum Gasteiger partial charge on any atom is 0.522 e. The van der Waals surface area contributed by atoms with E-state index < -0.39 is 31.3 Å². The first kappa shape index (κ1) is 28.0. The lowest BCUT2D eigenvalue weighted by Crippen LogP contribution is -2.60. The number of carboxylic acid groups (broad SMARTS) is 1. The average molecular weight is 562 g/mol. The second kappa shape index (κ2) is 11.5. The van der Waals surface area contributed by atoms with Crippen LogP contribution in [0.1, 0.15) is 34.5 Å². The molecule has 3 aliphatic rings. The van der Waals surface area contributed by atoms with E-state index in [4.69, 9.17) is 9.39 Å². The number of aromatic carboxylic acids is 1. The zero-order valence-electron chi connectivity index (χ0n) is 22.6. The number of benzene rings is 2. The molecule has 2 saturated heterocycles. The summed E-state index contributed by atoms with van der Waals surface area (Å²) < 4.78 is 11.4. The summed E-state index contributed by atoms with van der Waals surface area (Å²) in [5, 5.41) is 22.5. The molecule has 214 valence electrons. The molecule has 0 aromatic heterocycles. The minimum absolute atomic E-state index is 0.0445. The number of likely N-dealkylation sites (tertiary alicyclic amines) is 1. The third-order valence-electron chi connectivity index (χ3n) is 7.51. The Hall–Kier alpha value is -4.52. The summed E-state index contributed by atoms with van der Waals surface area (Å²) in [6.45, 7) is 7.08. The molecule has 2 aromatic rings. The van der Waals surface area contributed by atoms with Gasteiger partial charge in [0.15, 0.2) is 0 Å². The van der Waals surface area contributed by atoms with Gasteiger partial charge in [0.25, 0.3) is 5.91 Å². The highest BCUT2D eigenvalue weighted by Gasteiger charge is 2.40. The molecular formula is C28H31BN4O8. The van der Waals surface area contributed by atoms with Gasteiger partial charge >= 0.3 is 19.1 Å². The lowest BCUT2D eigenvalue weighted by Gasteiger charge is -2.41. The summed E-state index contributed by atoms with van der Waals surface area (Å²) in [6, 6.07) is 10.4. The van der Waals surface area contributed by atoms with Crippen molar-refractivity contribution in [3.8, 4) is 11.5 Å². The van der Waals surface area contributed by atoms with Crippen LogP contribution in [0, 0.1) is 0 Å². The minimum Gasteiger partial charge on any atom is -0.535 e. The molecule has 41 heavy (non-hydrogen) atoms. The summed E-state index contributed by atoms with van der Waals surface area (Å²) in [5.41, 5.74) is 1.12. The Bertz CT molecular complexity index is 1380. The number of piperazine rings is 1. The van der Waals surface area contributed by atoms with E-state index in [9.17, 15) is 29.3 Å². The quantitative estimate of drug-likeness (QED) is 0.340. The van der Waals surface area contributed by atoms with E-state index in [1.165, 1.54) is 9.80 Å². The number of nitrogens with one attached hydrogen (secondary N) is 1. The van der Waals surface area contributed by atoms with E-state index in [2.05, 4.69) is 11.9 Å². The number of fused-ring (bicyclic) bond motifs is 1. The summed E-state index contributed by atoms with van der Waals surface area (Å²) in [6.07, 6.45) is 0.352. The first-order valence-electron chi connectivity index (χ1n) is 13.5. The molecule has 5 rings (SSSR count). The van der Waals surface area contributed by atoms with Gasteiger partial charge < -0.3 is 34.6 Å². The van der Waals surface area contributed by atoms with Gasteiger partial charge in [0.05, 0.1) is 13.1 Å². The fourth-order valence-electron chi connectivity index (χ4n) is 5.18. The Balaban J connectivity index is 1.28. The number of carbonyl (C=O) groups excluding carboxylic acids is 3. The van der Waals surface area contributed by atoms with Crippen molar-refractivity contribution in [3.63, 3.8) is 0 Å². The van der Waals surface area contributed by atoms with Gasteiger partial charge in [0.2, 0.25) is 5.91 Å². The van der Waals surface area contributed by atoms with E-state index in [0.29, 0.717) is 37.0 Å². The number of nitrogens with zero attached hydrogens (tertiary/aromatic N) is 3. The molecule has 0 spiro atoms. The molecule has 1 atom stereocenters. The Morgan fingerprint density at radius 1 is 1.17 bits per heavy atom. The number of likely N-dealkylation sites (N-methyl/N-ethyl adjacent to an activating group) is 1. The van der Waals surface area contributed by atoms with E-state index >= 15 is 0 Å². The number of ether oxygens (including phenoxy) is 1. The van der Waals surface area contributed by atoms with Crippen molar-refractivity contribution in [2.75, 3.05) is 32.7 Å². The molecule has 13 heteroatoms. The number of hydrogen-bond acceptors (Lipinski definition) is 7. The smallest absolute Gasteiger partial charge is 0.522 e. The maximum absolute atomic E-state index is 13.6. The van der Waals surface area contributed by atoms with Crippen molar-refractivity contribution in [3.05, 3.63) is 71.4 Å². The number of carbonyl (C=O) groups is 4. The normalized spacial score (nSPS) is 17.8. The highest BCUT2D eigenvalue weighted by atomic mass is 16.5. The molecule has 3 heterocycles. The van der Waals surface area contributed by atoms with Crippen LogP contribution >= 0.6 is 0 Å².